The molecule has 0 aliphatic rings. The third kappa shape index (κ3) is 3.07. The van der Waals surface area contributed by atoms with Gasteiger partial charge in [0.25, 0.3) is 0 Å². The molecule has 2 aromatic rings. The highest BCUT2D eigenvalue weighted by molar-refractivity contribution is 9.10. The fraction of sp³-hybridized carbons (Fsp3) is 0.375. The molecule has 108 valence electrons. The Morgan fingerprint density at radius 1 is 1.25 bits per heavy atom. The first-order valence-corrected chi connectivity index (χ1v) is 7.49. The molecule has 0 fully saturated rings. The molecule has 1 unspecified atom stereocenters. The van der Waals surface area contributed by atoms with E-state index in [1.165, 1.54) is 11.1 Å². The minimum absolute atomic E-state index is 0.0518. The predicted molar refractivity (Wildman–Crippen MR) is 84.4 cm³/mol. The molecule has 0 bridgehead atoms. The molecule has 0 radical (unpaired) electrons. The molecule has 0 aliphatic heterocycles. The van der Waals surface area contributed by atoms with E-state index in [0.29, 0.717) is 0 Å². The van der Waals surface area contributed by atoms with Gasteiger partial charge in [0.1, 0.15) is 11.5 Å². The van der Waals surface area contributed by atoms with Gasteiger partial charge >= 0.3 is 0 Å². The molecule has 1 aromatic carbocycles. The summed E-state index contributed by atoms with van der Waals surface area (Å²) in [5.74, 6) is 1.83. The Kier molecular flexibility index (Phi) is 4.89. The summed E-state index contributed by atoms with van der Waals surface area (Å²) < 4.78 is 11.9. The van der Waals surface area contributed by atoms with Crippen LogP contribution in [-0.4, -0.2) is 13.7 Å². The van der Waals surface area contributed by atoms with Crippen molar-refractivity contribution in [3.63, 3.8) is 0 Å². The van der Waals surface area contributed by atoms with Crippen LogP contribution in [0.2, 0.25) is 0 Å². The summed E-state index contributed by atoms with van der Waals surface area (Å²) in [6.07, 6.45) is 0. The number of hydrogen-bond donors (Lipinski definition) is 1. The molecule has 0 aliphatic carbocycles. The Balaban J connectivity index is 2.46. The number of benzene rings is 1. The Morgan fingerprint density at radius 3 is 2.55 bits per heavy atom. The maximum absolute atomic E-state index is 5.73. The predicted octanol–water partition coefficient (Wildman–Crippen LogP) is 4.37. The van der Waals surface area contributed by atoms with Gasteiger partial charge in [0.15, 0.2) is 4.67 Å². The van der Waals surface area contributed by atoms with Crippen molar-refractivity contribution in [1.29, 1.82) is 0 Å². The minimum atomic E-state index is 0.0518. The maximum atomic E-state index is 5.73. The van der Waals surface area contributed by atoms with Gasteiger partial charge in [-0.2, -0.15) is 0 Å². The van der Waals surface area contributed by atoms with Gasteiger partial charge in [0, 0.05) is 0 Å². The first kappa shape index (κ1) is 15.1. The van der Waals surface area contributed by atoms with Gasteiger partial charge < -0.3 is 14.5 Å². The van der Waals surface area contributed by atoms with Gasteiger partial charge in [0.05, 0.1) is 13.2 Å². The second kappa shape index (κ2) is 6.46. The second-order valence-corrected chi connectivity index (χ2v) is 5.59. The van der Waals surface area contributed by atoms with Crippen molar-refractivity contribution in [1.82, 2.24) is 5.32 Å². The Hall–Kier alpha value is -1.26. The van der Waals surface area contributed by atoms with Gasteiger partial charge in [-0.1, -0.05) is 13.0 Å². The van der Waals surface area contributed by atoms with Crippen molar-refractivity contribution in [2.45, 2.75) is 26.8 Å². The summed E-state index contributed by atoms with van der Waals surface area (Å²) in [5.41, 5.74) is 3.53. The van der Waals surface area contributed by atoms with Gasteiger partial charge in [-0.05, 0) is 71.2 Å². The first-order valence-electron chi connectivity index (χ1n) is 6.70. The van der Waals surface area contributed by atoms with Crippen LogP contribution in [0.3, 0.4) is 0 Å². The van der Waals surface area contributed by atoms with Gasteiger partial charge in [-0.25, -0.2) is 0 Å². The molecule has 1 heterocycles. The van der Waals surface area contributed by atoms with Crippen LogP contribution in [-0.2, 0) is 0 Å². The topological polar surface area (TPSA) is 34.4 Å². The molecule has 1 atom stereocenters. The lowest BCUT2D eigenvalue weighted by molar-refractivity contribution is 0.409. The molecule has 3 nitrogen and oxygen atoms in total. The highest BCUT2D eigenvalue weighted by atomic mass is 79.9. The van der Waals surface area contributed by atoms with Crippen molar-refractivity contribution < 1.29 is 9.15 Å². The van der Waals surface area contributed by atoms with Crippen LogP contribution in [0.25, 0.3) is 0 Å². The van der Waals surface area contributed by atoms with E-state index in [-0.39, 0.29) is 6.04 Å². The van der Waals surface area contributed by atoms with Crippen LogP contribution in [0.1, 0.15) is 35.4 Å². The Bertz CT molecular complexity index is 592. The van der Waals surface area contributed by atoms with E-state index in [4.69, 9.17) is 9.15 Å². The number of methoxy groups -OCH3 is 1. The summed E-state index contributed by atoms with van der Waals surface area (Å²) >= 11 is 3.37. The standard InChI is InChI=1S/C16H20BrNO2/c1-5-18-16(13-6-7-15(17)20-13)12-8-11(3)14(19-4)9-10(12)2/h6-9,16,18H,5H2,1-4H3. The lowest BCUT2D eigenvalue weighted by atomic mass is 9.96. The van der Waals surface area contributed by atoms with E-state index >= 15 is 0 Å². The maximum Gasteiger partial charge on any atom is 0.169 e. The largest absolute Gasteiger partial charge is 0.496 e. The van der Waals surface area contributed by atoms with Gasteiger partial charge in [0.2, 0.25) is 0 Å². The molecule has 0 saturated carbocycles. The first-order chi connectivity index (χ1) is 9.56. The van der Waals surface area contributed by atoms with Crippen LogP contribution in [0.4, 0.5) is 0 Å². The number of aryl methyl sites for hydroxylation is 2. The highest BCUT2D eigenvalue weighted by Gasteiger charge is 2.20. The number of hydrogen-bond acceptors (Lipinski definition) is 3. The van der Waals surface area contributed by atoms with Crippen molar-refractivity contribution in [3.8, 4) is 5.75 Å². The van der Waals surface area contributed by atoms with Crippen molar-refractivity contribution in [2.24, 2.45) is 0 Å². The highest BCUT2D eigenvalue weighted by Crippen LogP contribution is 2.31. The van der Waals surface area contributed by atoms with E-state index in [2.05, 4.69) is 54.2 Å². The second-order valence-electron chi connectivity index (χ2n) is 4.81. The fourth-order valence-electron chi connectivity index (χ4n) is 2.39. The molecule has 4 heteroatoms. The van der Waals surface area contributed by atoms with Crippen LogP contribution in [0, 0.1) is 13.8 Å². The fourth-order valence-corrected chi connectivity index (χ4v) is 2.71. The van der Waals surface area contributed by atoms with Crippen LogP contribution in [0.5, 0.6) is 5.75 Å². The average molecular weight is 338 g/mol. The SMILES string of the molecule is CCNC(c1ccc(Br)o1)c1cc(C)c(OC)cc1C. The molecule has 0 spiro atoms. The quantitative estimate of drug-likeness (QED) is 0.879. The summed E-state index contributed by atoms with van der Waals surface area (Å²) in [6.45, 7) is 7.12. The normalized spacial score (nSPS) is 12.4. The van der Waals surface area contributed by atoms with Crippen molar-refractivity contribution >= 4 is 15.9 Å². The number of ether oxygens (including phenoxy) is 1. The molecule has 2 rings (SSSR count). The average Bonchev–Trinajstić information content (AvgIpc) is 2.85. The molecule has 1 N–H and O–H groups in total. The summed E-state index contributed by atoms with van der Waals surface area (Å²) in [7, 11) is 1.70. The number of nitrogens with one attached hydrogen (secondary N) is 1. The molecule has 0 amide bonds. The number of halogens is 1. The molecular weight excluding hydrogens is 318 g/mol. The summed E-state index contributed by atoms with van der Waals surface area (Å²) in [5, 5.41) is 3.48. The zero-order valence-electron chi connectivity index (χ0n) is 12.3. The summed E-state index contributed by atoms with van der Waals surface area (Å²) in [4.78, 5) is 0. The van der Waals surface area contributed by atoms with E-state index in [1.54, 1.807) is 7.11 Å². The molecule has 1 aromatic heterocycles. The molecular formula is C16H20BrNO2. The Labute approximate surface area is 128 Å². The van der Waals surface area contributed by atoms with Crippen LogP contribution < -0.4 is 10.1 Å². The minimum Gasteiger partial charge on any atom is -0.496 e. The Morgan fingerprint density at radius 2 is 2.00 bits per heavy atom. The summed E-state index contributed by atoms with van der Waals surface area (Å²) in [6, 6.07) is 8.21. The van der Waals surface area contributed by atoms with Crippen molar-refractivity contribution in [3.05, 3.63) is 51.4 Å². The molecule has 0 saturated heterocycles. The zero-order valence-corrected chi connectivity index (χ0v) is 13.9. The van der Waals surface area contributed by atoms with E-state index in [0.717, 1.165) is 28.3 Å². The lowest BCUT2D eigenvalue weighted by Gasteiger charge is -2.20. The van der Waals surface area contributed by atoms with Crippen LogP contribution in [0.15, 0.2) is 33.4 Å². The molecule has 20 heavy (non-hydrogen) atoms. The third-order valence-electron chi connectivity index (χ3n) is 3.38. The van der Waals surface area contributed by atoms with E-state index < -0.39 is 0 Å². The zero-order chi connectivity index (χ0) is 14.7. The van der Waals surface area contributed by atoms with E-state index in [1.807, 2.05) is 12.1 Å². The van der Waals surface area contributed by atoms with E-state index in [9.17, 15) is 0 Å². The number of furan rings is 1. The third-order valence-corrected chi connectivity index (χ3v) is 3.81. The lowest BCUT2D eigenvalue weighted by Crippen LogP contribution is -2.22. The van der Waals surface area contributed by atoms with Gasteiger partial charge in [-0.15, -0.1) is 0 Å². The van der Waals surface area contributed by atoms with Crippen LogP contribution >= 0.6 is 15.9 Å². The smallest absolute Gasteiger partial charge is 0.169 e. The van der Waals surface area contributed by atoms with Crippen molar-refractivity contribution in [2.75, 3.05) is 13.7 Å². The monoisotopic (exact) mass is 337 g/mol. The number of rotatable bonds is 5. The van der Waals surface area contributed by atoms with Gasteiger partial charge in [-0.3, -0.25) is 0 Å².